The van der Waals surface area contributed by atoms with E-state index in [4.69, 9.17) is 4.74 Å². The third kappa shape index (κ3) is 3.04. The highest BCUT2D eigenvalue weighted by Crippen LogP contribution is 2.42. The van der Waals surface area contributed by atoms with Gasteiger partial charge in [-0.25, -0.2) is 4.98 Å². The smallest absolute Gasteiger partial charge is 0.230 e. The van der Waals surface area contributed by atoms with Gasteiger partial charge in [-0.2, -0.15) is 0 Å². The van der Waals surface area contributed by atoms with Crippen molar-refractivity contribution in [1.29, 1.82) is 0 Å². The first-order valence-corrected chi connectivity index (χ1v) is 9.56. The number of rotatable bonds is 5. The van der Waals surface area contributed by atoms with E-state index in [1.165, 1.54) is 17.7 Å². The van der Waals surface area contributed by atoms with Crippen molar-refractivity contribution in [2.24, 2.45) is 11.3 Å². The molecule has 1 aromatic heterocycles. The average molecular weight is 335 g/mol. The standard InChI is InChI=1S/C17H25N3O2S/c1-12-14(23-11-19-12)9-20-6-4-15-17(10-20,5-7-22-15)16(21)18-8-13-2-3-13/h11,13,15H,2-10H2,1H3,(H,18,21)/t15-,17-/m1/s1. The maximum atomic E-state index is 12.9. The van der Waals surface area contributed by atoms with Crippen molar-refractivity contribution in [2.45, 2.75) is 45.3 Å². The van der Waals surface area contributed by atoms with Crippen LogP contribution in [0.5, 0.6) is 0 Å². The minimum atomic E-state index is -0.342. The summed E-state index contributed by atoms with van der Waals surface area (Å²) >= 11 is 1.71. The van der Waals surface area contributed by atoms with Crippen LogP contribution in [0.2, 0.25) is 0 Å². The number of carbonyl (C=O) groups is 1. The van der Waals surface area contributed by atoms with Crippen LogP contribution in [0.4, 0.5) is 0 Å². The Kier molecular flexibility index (Phi) is 4.15. The largest absolute Gasteiger partial charge is 0.377 e. The molecule has 2 aliphatic heterocycles. The van der Waals surface area contributed by atoms with Crippen LogP contribution in [0.25, 0.3) is 0 Å². The summed E-state index contributed by atoms with van der Waals surface area (Å²) in [6.07, 6.45) is 4.44. The van der Waals surface area contributed by atoms with E-state index >= 15 is 0 Å². The maximum absolute atomic E-state index is 12.9. The van der Waals surface area contributed by atoms with Crippen molar-refractivity contribution < 1.29 is 9.53 Å². The molecule has 3 heterocycles. The summed E-state index contributed by atoms with van der Waals surface area (Å²) < 4.78 is 5.91. The fourth-order valence-corrected chi connectivity index (χ4v) is 4.72. The molecule has 3 aliphatic rings. The van der Waals surface area contributed by atoms with Crippen LogP contribution in [0.3, 0.4) is 0 Å². The van der Waals surface area contributed by atoms with Gasteiger partial charge in [0.15, 0.2) is 0 Å². The molecule has 0 spiro atoms. The zero-order chi connectivity index (χ0) is 15.9. The van der Waals surface area contributed by atoms with Crippen LogP contribution in [-0.4, -0.2) is 48.1 Å². The van der Waals surface area contributed by atoms with Gasteiger partial charge in [-0.05, 0) is 38.5 Å². The van der Waals surface area contributed by atoms with E-state index in [0.717, 1.165) is 57.2 Å². The number of thiazole rings is 1. The molecule has 0 bridgehead atoms. The van der Waals surface area contributed by atoms with Crippen LogP contribution in [0, 0.1) is 18.3 Å². The van der Waals surface area contributed by atoms with Crippen LogP contribution < -0.4 is 5.32 Å². The third-order valence-corrected chi connectivity index (χ3v) is 6.53. The normalized spacial score (nSPS) is 31.1. The molecule has 0 aromatic carbocycles. The Labute approximate surface area is 141 Å². The van der Waals surface area contributed by atoms with Crippen molar-refractivity contribution in [3.05, 3.63) is 16.1 Å². The third-order valence-electron chi connectivity index (χ3n) is 5.61. The van der Waals surface area contributed by atoms with Gasteiger partial charge in [0, 0.05) is 37.7 Å². The number of aromatic nitrogens is 1. The van der Waals surface area contributed by atoms with Gasteiger partial charge in [0.05, 0.1) is 22.7 Å². The van der Waals surface area contributed by atoms with Crippen molar-refractivity contribution in [3.8, 4) is 0 Å². The Morgan fingerprint density at radius 1 is 1.52 bits per heavy atom. The zero-order valence-corrected chi connectivity index (χ0v) is 14.5. The van der Waals surface area contributed by atoms with Gasteiger partial charge in [-0.15, -0.1) is 11.3 Å². The number of hydrogen-bond acceptors (Lipinski definition) is 5. The predicted molar refractivity (Wildman–Crippen MR) is 89.3 cm³/mol. The number of ether oxygens (including phenoxy) is 1. The summed E-state index contributed by atoms with van der Waals surface area (Å²) in [6, 6.07) is 0. The Balaban J connectivity index is 1.46. The quantitative estimate of drug-likeness (QED) is 0.894. The molecule has 1 amide bonds. The first-order valence-electron chi connectivity index (χ1n) is 8.68. The predicted octanol–water partition coefficient (Wildman–Crippen LogP) is 1.96. The number of piperidine rings is 1. The van der Waals surface area contributed by atoms with E-state index in [0.29, 0.717) is 0 Å². The second-order valence-electron chi connectivity index (χ2n) is 7.28. The van der Waals surface area contributed by atoms with Gasteiger partial charge in [-0.3, -0.25) is 9.69 Å². The fourth-order valence-electron chi connectivity index (χ4n) is 3.90. The van der Waals surface area contributed by atoms with Gasteiger partial charge < -0.3 is 10.1 Å². The Hall–Kier alpha value is -0.980. The lowest BCUT2D eigenvalue weighted by atomic mass is 9.75. The first kappa shape index (κ1) is 15.5. The summed E-state index contributed by atoms with van der Waals surface area (Å²) in [5.41, 5.74) is 2.69. The number of fused-ring (bicyclic) bond motifs is 1. The van der Waals surface area contributed by atoms with E-state index in [1.54, 1.807) is 11.3 Å². The molecule has 1 N–H and O–H groups in total. The van der Waals surface area contributed by atoms with Crippen LogP contribution in [-0.2, 0) is 16.1 Å². The highest BCUT2D eigenvalue weighted by molar-refractivity contribution is 7.09. The fraction of sp³-hybridized carbons (Fsp3) is 0.765. The van der Waals surface area contributed by atoms with Crippen molar-refractivity contribution in [3.63, 3.8) is 0 Å². The lowest BCUT2D eigenvalue weighted by Crippen LogP contribution is -2.57. The molecule has 2 atom stereocenters. The average Bonchev–Trinajstić information content (AvgIpc) is 3.15. The summed E-state index contributed by atoms with van der Waals surface area (Å²) in [5.74, 6) is 0.938. The summed E-state index contributed by atoms with van der Waals surface area (Å²) in [7, 11) is 0. The molecular weight excluding hydrogens is 310 g/mol. The van der Waals surface area contributed by atoms with Crippen molar-refractivity contribution in [2.75, 3.05) is 26.2 Å². The molecule has 23 heavy (non-hydrogen) atoms. The number of amides is 1. The van der Waals surface area contributed by atoms with Crippen molar-refractivity contribution >= 4 is 17.2 Å². The second kappa shape index (κ2) is 6.15. The molecule has 4 rings (SSSR count). The molecule has 5 nitrogen and oxygen atoms in total. The van der Waals surface area contributed by atoms with Gasteiger partial charge in [0.2, 0.25) is 5.91 Å². The first-order chi connectivity index (χ1) is 11.2. The number of carbonyl (C=O) groups excluding carboxylic acids is 1. The summed E-state index contributed by atoms with van der Waals surface area (Å²) in [4.78, 5) is 21.0. The van der Waals surface area contributed by atoms with Gasteiger partial charge in [-0.1, -0.05) is 0 Å². The van der Waals surface area contributed by atoms with Crippen LogP contribution in [0.15, 0.2) is 5.51 Å². The minimum absolute atomic E-state index is 0.0977. The minimum Gasteiger partial charge on any atom is -0.377 e. The molecule has 126 valence electrons. The maximum Gasteiger partial charge on any atom is 0.230 e. The van der Waals surface area contributed by atoms with Crippen LogP contribution >= 0.6 is 11.3 Å². The Morgan fingerprint density at radius 2 is 2.39 bits per heavy atom. The van der Waals surface area contributed by atoms with E-state index in [9.17, 15) is 4.79 Å². The zero-order valence-electron chi connectivity index (χ0n) is 13.7. The van der Waals surface area contributed by atoms with E-state index in [-0.39, 0.29) is 17.4 Å². The Bertz CT molecular complexity index is 586. The van der Waals surface area contributed by atoms with Gasteiger partial charge >= 0.3 is 0 Å². The number of likely N-dealkylation sites (tertiary alicyclic amines) is 1. The highest BCUT2D eigenvalue weighted by atomic mass is 32.1. The molecule has 0 radical (unpaired) electrons. The Morgan fingerprint density at radius 3 is 3.13 bits per heavy atom. The molecule has 1 aliphatic carbocycles. The SMILES string of the molecule is Cc1ncsc1CN1CC[C@H]2OCC[C@@]2(C(=O)NCC2CC2)C1. The van der Waals surface area contributed by atoms with E-state index < -0.39 is 0 Å². The number of nitrogens with one attached hydrogen (secondary N) is 1. The molecule has 0 unspecified atom stereocenters. The molecular formula is C17H25N3O2S. The van der Waals surface area contributed by atoms with Crippen LogP contribution in [0.1, 0.15) is 36.3 Å². The lowest BCUT2D eigenvalue weighted by Gasteiger charge is -2.42. The topological polar surface area (TPSA) is 54.5 Å². The number of hydrogen-bond donors (Lipinski definition) is 1. The van der Waals surface area contributed by atoms with E-state index in [2.05, 4.69) is 22.1 Å². The summed E-state index contributed by atoms with van der Waals surface area (Å²) in [6.45, 7) is 6.34. The summed E-state index contributed by atoms with van der Waals surface area (Å²) in [5, 5.41) is 3.21. The number of nitrogens with zero attached hydrogens (tertiary/aromatic N) is 2. The van der Waals surface area contributed by atoms with Gasteiger partial charge in [0.25, 0.3) is 0 Å². The van der Waals surface area contributed by atoms with E-state index in [1.807, 2.05) is 5.51 Å². The molecule has 2 saturated heterocycles. The lowest BCUT2D eigenvalue weighted by molar-refractivity contribution is -0.139. The van der Waals surface area contributed by atoms with Crippen molar-refractivity contribution in [1.82, 2.24) is 15.2 Å². The second-order valence-corrected chi connectivity index (χ2v) is 8.22. The van der Waals surface area contributed by atoms with Gasteiger partial charge in [0.1, 0.15) is 0 Å². The monoisotopic (exact) mass is 335 g/mol. The molecule has 3 fully saturated rings. The molecule has 1 saturated carbocycles. The molecule has 1 aromatic rings. The number of aryl methyl sites for hydroxylation is 1. The molecule has 6 heteroatoms. The highest BCUT2D eigenvalue weighted by Gasteiger charge is 2.53.